The lowest BCUT2D eigenvalue weighted by Gasteiger charge is -2.23. The van der Waals surface area contributed by atoms with Gasteiger partial charge in [0.15, 0.2) is 0 Å². The van der Waals surface area contributed by atoms with Crippen LogP contribution < -0.4 is 10.1 Å². The van der Waals surface area contributed by atoms with E-state index in [1.54, 1.807) is 36.4 Å². The van der Waals surface area contributed by atoms with Crippen molar-refractivity contribution in [1.82, 2.24) is 19.6 Å². The van der Waals surface area contributed by atoms with E-state index in [9.17, 15) is 9.59 Å². The number of nitrogens with zero attached hydrogens (tertiary/aromatic N) is 3. The topological polar surface area (TPSA) is 85.2 Å². The molecule has 3 aromatic heterocycles. The third kappa shape index (κ3) is 5.47. The zero-order valence-electron chi connectivity index (χ0n) is 23.3. The first-order chi connectivity index (χ1) is 21.0. The first kappa shape index (κ1) is 27.2. The lowest BCUT2D eigenvalue weighted by molar-refractivity contribution is 0.0121. The Balaban J connectivity index is 0.990. The van der Waals surface area contributed by atoms with Gasteiger partial charge in [0.1, 0.15) is 5.75 Å². The standard InChI is InChI=1S/C34H29ClN4O4/c35-25-11-14-31(36-20-25)43-27-12-9-24(10-13-27)33(41)38-17-15-34(22-38)19-26(21-42-34)37-32(40)28-18-30(23-6-2-1-3-7-23)39-16-5-4-8-29(28)39/h1-14,16,18,20,26H,15,17,19,21-22H2,(H,37,40). The van der Waals surface area contributed by atoms with Gasteiger partial charge < -0.3 is 24.1 Å². The molecule has 1 spiro atoms. The van der Waals surface area contributed by atoms with E-state index in [1.807, 2.05) is 70.1 Å². The fourth-order valence-electron chi connectivity index (χ4n) is 6.06. The Bertz CT molecular complexity index is 1790. The maximum absolute atomic E-state index is 13.5. The second kappa shape index (κ2) is 11.2. The van der Waals surface area contributed by atoms with Gasteiger partial charge in [0.05, 0.1) is 46.6 Å². The molecule has 2 atom stereocenters. The summed E-state index contributed by atoms with van der Waals surface area (Å²) in [7, 11) is 0. The molecule has 9 heteroatoms. The van der Waals surface area contributed by atoms with Gasteiger partial charge in [-0.05, 0) is 60.5 Å². The Kier molecular flexibility index (Phi) is 7.08. The van der Waals surface area contributed by atoms with Gasteiger partial charge in [-0.15, -0.1) is 0 Å². The molecule has 8 nitrogen and oxygen atoms in total. The number of pyridine rings is 2. The van der Waals surface area contributed by atoms with E-state index in [-0.39, 0.29) is 17.9 Å². The molecule has 2 aromatic carbocycles. The minimum atomic E-state index is -0.463. The predicted octanol–water partition coefficient (Wildman–Crippen LogP) is 6.25. The van der Waals surface area contributed by atoms with Crippen LogP contribution in [0.25, 0.3) is 16.8 Å². The first-order valence-corrected chi connectivity index (χ1v) is 14.6. The fraction of sp³-hybridized carbons (Fsp3) is 0.206. The van der Waals surface area contributed by atoms with Gasteiger partial charge in [-0.2, -0.15) is 0 Å². The highest BCUT2D eigenvalue weighted by atomic mass is 35.5. The highest BCUT2D eigenvalue weighted by Gasteiger charge is 2.47. The average Bonchev–Trinajstić information content (AvgIpc) is 3.76. The molecule has 1 N–H and O–H groups in total. The number of carbonyl (C=O) groups is 2. The van der Waals surface area contributed by atoms with Crippen LogP contribution in [0.4, 0.5) is 0 Å². The summed E-state index contributed by atoms with van der Waals surface area (Å²) in [4.78, 5) is 32.8. The zero-order chi connectivity index (χ0) is 29.4. The molecule has 2 aliphatic rings. The van der Waals surface area contributed by atoms with Crippen molar-refractivity contribution in [3.05, 3.63) is 120 Å². The lowest BCUT2D eigenvalue weighted by atomic mass is 9.97. The number of hydrogen-bond acceptors (Lipinski definition) is 5. The molecule has 5 aromatic rings. The van der Waals surface area contributed by atoms with Crippen molar-refractivity contribution in [2.24, 2.45) is 0 Å². The number of fused-ring (bicyclic) bond motifs is 1. The summed E-state index contributed by atoms with van der Waals surface area (Å²) in [6.07, 6.45) is 4.87. The summed E-state index contributed by atoms with van der Waals surface area (Å²) in [5.41, 5.74) is 3.60. The van der Waals surface area contributed by atoms with Gasteiger partial charge in [0, 0.05) is 37.0 Å². The Morgan fingerprint density at radius 2 is 1.81 bits per heavy atom. The van der Waals surface area contributed by atoms with Crippen molar-refractivity contribution in [2.45, 2.75) is 24.5 Å². The van der Waals surface area contributed by atoms with Crippen LogP contribution in [0.15, 0.2) is 103 Å². The molecular weight excluding hydrogens is 564 g/mol. The Labute approximate surface area is 253 Å². The lowest BCUT2D eigenvalue weighted by Crippen LogP contribution is -2.38. The number of ether oxygens (including phenoxy) is 2. The highest BCUT2D eigenvalue weighted by Crippen LogP contribution is 2.36. The number of rotatable bonds is 6. The predicted molar refractivity (Wildman–Crippen MR) is 164 cm³/mol. The Morgan fingerprint density at radius 1 is 1.00 bits per heavy atom. The summed E-state index contributed by atoms with van der Waals surface area (Å²) >= 11 is 5.88. The third-order valence-electron chi connectivity index (χ3n) is 8.16. The number of carbonyl (C=O) groups excluding carboxylic acids is 2. The Hall–Kier alpha value is -4.66. The molecule has 5 heterocycles. The molecule has 0 aliphatic carbocycles. The van der Waals surface area contributed by atoms with E-state index >= 15 is 0 Å². The molecule has 2 amide bonds. The number of hydrogen-bond donors (Lipinski definition) is 1. The maximum Gasteiger partial charge on any atom is 0.253 e. The third-order valence-corrected chi connectivity index (χ3v) is 8.39. The summed E-state index contributed by atoms with van der Waals surface area (Å²) in [6, 6.07) is 28.1. The van der Waals surface area contributed by atoms with E-state index in [0.29, 0.717) is 53.9 Å². The molecular formula is C34H29ClN4O4. The van der Waals surface area contributed by atoms with Crippen LogP contribution in [0.1, 0.15) is 33.6 Å². The molecule has 43 heavy (non-hydrogen) atoms. The molecule has 0 radical (unpaired) electrons. The second-order valence-electron chi connectivity index (χ2n) is 11.1. The van der Waals surface area contributed by atoms with Crippen LogP contribution >= 0.6 is 11.6 Å². The quantitative estimate of drug-likeness (QED) is 0.252. The number of nitrogens with one attached hydrogen (secondary N) is 1. The van der Waals surface area contributed by atoms with Crippen LogP contribution in [0.2, 0.25) is 5.02 Å². The molecule has 2 unspecified atom stereocenters. The SMILES string of the molecule is O=C(NC1COC2(CCN(C(=O)c3ccc(Oc4ccc(Cl)cn4)cc3)C2)C1)c1cc(-c2ccccc2)n2ccccc12. The van der Waals surface area contributed by atoms with Gasteiger partial charge in [-0.1, -0.05) is 48.0 Å². The van der Waals surface area contributed by atoms with Gasteiger partial charge in [0.2, 0.25) is 5.88 Å². The van der Waals surface area contributed by atoms with Crippen LogP contribution in [0.3, 0.4) is 0 Å². The second-order valence-corrected chi connectivity index (χ2v) is 11.5. The number of likely N-dealkylation sites (tertiary alicyclic amines) is 1. The number of aromatic nitrogens is 2. The van der Waals surface area contributed by atoms with E-state index in [0.717, 1.165) is 23.2 Å². The van der Waals surface area contributed by atoms with Crippen LogP contribution in [0.5, 0.6) is 11.6 Å². The van der Waals surface area contributed by atoms with Gasteiger partial charge in [-0.3, -0.25) is 9.59 Å². The number of benzene rings is 2. The van der Waals surface area contributed by atoms with Crippen molar-refractivity contribution in [1.29, 1.82) is 0 Å². The van der Waals surface area contributed by atoms with E-state index < -0.39 is 5.60 Å². The van der Waals surface area contributed by atoms with Gasteiger partial charge in [0.25, 0.3) is 11.8 Å². The van der Waals surface area contributed by atoms with Crippen molar-refractivity contribution in [3.8, 4) is 22.9 Å². The zero-order valence-corrected chi connectivity index (χ0v) is 24.0. The maximum atomic E-state index is 13.5. The van der Waals surface area contributed by atoms with Crippen LogP contribution in [-0.2, 0) is 4.74 Å². The molecule has 0 saturated carbocycles. The molecule has 0 bridgehead atoms. The molecule has 2 fully saturated rings. The highest BCUT2D eigenvalue weighted by molar-refractivity contribution is 6.30. The summed E-state index contributed by atoms with van der Waals surface area (Å²) in [5.74, 6) is 0.817. The van der Waals surface area contributed by atoms with Crippen molar-refractivity contribution >= 4 is 28.9 Å². The van der Waals surface area contributed by atoms with E-state index in [2.05, 4.69) is 10.3 Å². The largest absolute Gasteiger partial charge is 0.439 e. The van der Waals surface area contributed by atoms with Gasteiger partial charge in [-0.25, -0.2) is 4.98 Å². The monoisotopic (exact) mass is 592 g/mol. The minimum Gasteiger partial charge on any atom is -0.439 e. The molecule has 2 saturated heterocycles. The van der Waals surface area contributed by atoms with E-state index in [4.69, 9.17) is 21.1 Å². The van der Waals surface area contributed by atoms with Crippen LogP contribution in [-0.4, -0.2) is 57.4 Å². The Morgan fingerprint density at radius 3 is 2.60 bits per heavy atom. The smallest absolute Gasteiger partial charge is 0.253 e. The number of halogens is 1. The summed E-state index contributed by atoms with van der Waals surface area (Å²) < 4.78 is 14.1. The molecule has 216 valence electrons. The van der Waals surface area contributed by atoms with Crippen molar-refractivity contribution in [2.75, 3.05) is 19.7 Å². The first-order valence-electron chi connectivity index (χ1n) is 14.3. The van der Waals surface area contributed by atoms with Gasteiger partial charge >= 0.3 is 0 Å². The van der Waals surface area contributed by atoms with Crippen molar-refractivity contribution < 1.29 is 19.1 Å². The molecule has 7 rings (SSSR count). The van der Waals surface area contributed by atoms with Crippen molar-refractivity contribution in [3.63, 3.8) is 0 Å². The summed E-state index contributed by atoms with van der Waals surface area (Å²) in [5, 5.41) is 3.73. The van der Waals surface area contributed by atoms with E-state index in [1.165, 1.54) is 6.20 Å². The normalized spacial score (nSPS) is 19.7. The summed E-state index contributed by atoms with van der Waals surface area (Å²) in [6.45, 7) is 1.49. The minimum absolute atomic E-state index is 0.0575. The number of amides is 2. The fourth-order valence-corrected chi connectivity index (χ4v) is 6.17. The molecule has 2 aliphatic heterocycles. The van der Waals surface area contributed by atoms with Crippen LogP contribution in [0, 0.1) is 0 Å². The average molecular weight is 593 g/mol.